The molecule has 2 rings (SSSR count). The molecule has 110 valence electrons. The summed E-state index contributed by atoms with van der Waals surface area (Å²) in [5, 5.41) is 1.37. The first-order valence-electron chi connectivity index (χ1n) is 7.95. The van der Waals surface area contributed by atoms with E-state index in [0.29, 0.717) is 5.54 Å². The molecule has 0 aliphatic carbocycles. The zero-order valence-corrected chi connectivity index (χ0v) is 14.1. The molecule has 1 aromatic heterocycles. The maximum absolute atomic E-state index is 6.17. The van der Waals surface area contributed by atoms with E-state index in [-0.39, 0.29) is 0 Å². The highest BCUT2D eigenvalue weighted by Gasteiger charge is 2.35. The largest absolute Gasteiger partial charge is 0.361 e. The number of benzene rings is 1. The van der Waals surface area contributed by atoms with Gasteiger partial charge in [-0.1, -0.05) is 57.1 Å². The van der Waals surface area contributed by atoms with Crippen LogP contribution in [0.2, 0.25) is 23.7 Å². The average Bonchev–Trinajstić information content (AvgIpc) is 2.91. The van der Waals surface area contributed by atoms with Gasteiger partial charge in [0.2, 0.25) is 0 Å². The quantitative estimate of drug-likeness (QED) is 0.721. The van der Waals surface area contributed by atoms with Crippen molar-refractivity contribution in [3.05, 3.63) is 36.0 Å². The van der Waals surface area contributed by atoms with Gasteiger partial charge in [-0.15, -0.1) is 0 Å². The SMILES string of the molecule is CC[Si](CC)(CC)C(CN)Cc1c[nH]c2ccccc12. The normalized spacial score (nSPS) is 13.8. The second-order valence-corrected chi connectivity index (χ2v) is 11.6. The van der Waals surface area contributed by atoms with Crippen molar-refractivity contribution in [2.45, 2.75) is 50.9 Å². The second-order valence-electron chi connectivity index (χ2n) is 5.92. The van der Waals surface area contributed by atoms with Gasteiger partial charge in [-0.05, 0) is 30.1 Å². The first kappa shape index (κ1) is 15.3. The van der Waals surface area contributed by atoms with Crippen LogP contribution < -0.4 is 5.73 Å². The zero-order chi connectivity index (χ0) is 14.6. The summed E-state index contributed by atoms with van der Waals surface area (Å²) >= 11 is 0. The van der Waals surface area contributed by atoms with Gasteiger partial charge in [0.1, 0.15) is 0 Å². The van der Waals surface area contributed by atoms with Crippen LogP contribution in [0.25, 0.3) is 10.9 Å². The van der Waals surface area contributed by atoms with E-state index >= 15 is 0 Å². The zero-order valence-electron chi connectivity index (χ0n) is 13.1. The number of aromatic nitrogens is 1. The van der Waals surface area contributed by atoms with E-state index in [2.05, 4.69) is 56.2 Å². The van der Waals surface area contributed by atoms with Gasteiger partial charge in [-0.3, -0.25) is 0 Å². The molecule has 0 amide bonds. The van der Waals surface area contributed by atoms with E-state index in [4.69, 9.17) is 5.73 Å². The van der Waals surface area contributed by atoms with Crippen LogP contribution >= 0.6 is 0 Å². The Morgan fingerprint density at radius 2 is 1.75 bits per heavy atom. The number of hydrogen-bond acceptors (Lipinski definition) is 1. The van der Waals surface area contributed by atoms with E-state index in [1.807, 2.05) is 0 Å². The van der Waals surface area contributed by atoms with Gasteiger partial charge in [0.05, 0.1) is 8.07 Å². The van der Waals surface area contributed by atoms with Crippen molar-refractivity contribution in [3.63, 3.8) is 0 Å². The lowest BCUT2D eigenvalue weighted by molar-refractivity contribution is 0.774. The summed E-state index contributed by atoms with van der Waals surface area (Å²) in [6.07, 6.45) is 3.33. The molecule has 2 aromatic rings. The van der Waals surface area contributed by atoms with Crippen molar-refractivity contribution < 1.29 is 0 Å². The molecule has 1 unspecified atom stereocenters. The number of nitrogens with two attached hydrogens (primary N) is 1. The predicted octanol–water partition coefficient (Wildman–Crippen LogP) is 4.55. The molecule has 1 aromatic carbocycles. The molecule has 2 nitrogen and oxygen atoms in total. The maximum Gasteiger partial charge on any atom is 0.0574 e. The van der Waals surface area contributed by atoms with E-state index in [1.165, 1.54) is 34.6 Å². The van der Waals surface area contributed by atoms with Gasteiger partial charge in [-0.25, -0.2) is 0 Å². The fourth-order valence-electron chi connectivity index (χ4n) is 3.73. The molecule has 1 heterocycles. The molecule has 20 heavy (non-hydrogen) atoms. The number of aromatic amines is 1. The van der Waals surface area contributed by atoms with Crippen molar-refractivity contribution in [3.8, 4) is 0 Å². The lowest BCUT2D eigenvalue weighted by Crippen LogP contribution is -2.42. The molecule has 0 spiro atoms. The van der Waals surface area contributed by atoms with Crippen LogP contribution in [0, 0.1) is 0 Å². The Bertz CT molecular complexity index is 534. The summed E-state index contributed by atoms with van der Waals surface area (Å²) in [6.45, 7) is 7.95. The summed E-state index contributed by atoms with van der Waals surface area (Å²) in [6, 6.07) is 12.6. The minimum atomic E-state index is -1.23. The Morgan fingerprint density at radius 3 is 2.35 bits per heavy atom. The van der Waals surface area contributed by atoms with Gasteiger partial charge in [0.15, 0.2) is 0 Å². The third kappa shape index (κ3) is 2.70. The topological polar surface area (TPSA) is 41.8 Å². The van der Waals surface area contributed by atoms with Gasteiger partial charge in [-0.2, -0.15) is 0 Å². The molecule has 0 fully saturated rings. The lowest BCUT2D eigenvalue weighted by Gasteiger charge is -2.36. The fraction of sp³-hybridized carbons (Fsp3) is 0.529. The maximum atomic E-state index is 6.17. The number of H-pyrrole nitrogens is 1. The van der Waals surface area contributed by atoms with Crippen molar-refractivity contribution in [2.75, 3.05) is 6.54 Å². The van der Waals surface area contributed by atoms with E-state index in [9.17, 15) is 0 Å². The summed E-state index contributed by atoms with van der Waals surface area (Å²) < 4.78 is 0. The van der Waals surface area contributed by atoms with E-state index in [0.717, 1.165) is 13.0 Å². The van der Waals surface area contributed by atoms with Crippen LogP contribution in [-0.2, 0) is 6.42 Å². The van der Waals surface area contributed by atoms with E-state index < -0.39 is 8.07 Å². The summed E-state index contributed by atoms with van der Waals surface area (Å²) in [4.78, 5) is 3.40. The minimum absolute atomic E-state index is 0.696. The summed E-state index contributed by atoms with van der Waals surface area (Å²) in [5.41, 5.74) is 9.56. The molecule has 0 saturated heterocycles. The first-order valence-corrected chi connectivity index (χ1v) is 10.7. The third-order valence-electron chi connectivity index (χ3n) is 5.40. The van der Waals surface area contributed by atoms with Crippen LogP contribution in [0.15, 0.2) is 30.5 Å². The number of rotatable bonds is 7. The highest BCUT2D eigenvalue weighted by molar-refractivity contribution is 6.81. The van der Waals surface area contributed by atoms with Gasteiger partial charge >= 0.3 is 0 Å². The van der Waals surface area contributed by atoms with E-state index in [1.54, 1.807) is 0 Å². The molecule has 3 heteroatoms. The monoisotopic (exact) mass is 288 g/mol. The van der Waals surface area contributed by atoms with Gasteiger partial charge < -0.3 is 10.7 Å². The average molecular weight is 289 g/mol. The molecule has 0 aliphatic rings. The van der Waals surface area contributed by atoms with Crippen LogP contribution in [0.1, 0.15) is 26.3 Å². The molecule has 0 saturated carbocycles. The Hall–Kier alpha value is -1.06. The Labute approximate surface area is 123 Å². The molecule has 3 N–H and O–H groups in total. The van der Waals surface area contributed by atoms with Crippen LogP contribution in [0.3, 0.4) is 0 Å². The van der Waals surface area contributed by atoms with Gasteiger partial charge in [0.25, 0.3) is 0 Å². The fourth-order valence-corrected chi connectivity index (χ4v) is 8.12. The summed E-state index contributed by atoms with van der Waals surface area (Å²) in [7, 11) is -1.23. The predicted molar refractivity (Wildman–Crippen MR) is 92.0 cm³/mol. The highest BCUT2D eigenvalue weighted by atomic mass is 28.3. The van der Waals surface area contributed by atoms with Crippen molar-refractivity contribution in [1.82, 2.24) is 4.98 Å². The molecular formula is C17H28N2Si. The molecular weight excluding hydrogens is 260 g/mol. The van der Waals surface area contributed by atoms with Crippen LogP contribution in [-0.4, -0.2) is 19.6 Å². The molecule has 0 radical (unpaired) electrons. The number of fused-ring (bicyclic) bond motifs is 1. The Balaban J connectivity index is 2.30. The summed E-state index contributed by atoms with van der Waals surface area (Å²) in [5.74, 6) is 0. The van der Waals surface area contributed by atoms with Gasteiger partial charge in [0, 0.05) is 17.1 Å². The number of hydrogen-bond donors (Lipinski definition) is 2. The van der Waals surface area contributed by atoms with Crippen molar-refractivity contribution >= 4 is 19.0 Å². The Kier molecular flexibility index (Phi) is 5.05. The smallest absolute Gasteiger partial charge is 0.0574 e. The standard InChI is InChI=1S/C17H28N2Si/c1-4-20(5-2,6-3)15(12-18)11-14-13-19-17-10-8-7-9-16(14)17/h7-10,13,15,19H,4-6,11-12,18H2,1-3H3. The molecule has 1 atom stereocenters. The van der Waals surface area contributed by atoms with Crippen molar-refractivity contribution in [1.29, 1.82) is 0 Å². The third-order valence-corrected chi connectivity index (χ3v) is 11.8. The second kappa shape index (κ2) is 6.59. The lowest BCUT2D eigenvalue weighted by atomic mass is 10.1. The Morgan fingerprint density at radius 1 is 1.10 bits per heavy atom. The van der Waals surface area contributed by atoms with Crippen LogP contribution in [0.4, 0.5) is 0 Å². The van der Waals surface area contributed by atoms with Crippen LogP contribution in [0.5, 0.6) is 0 Å². The molecule has 0 aliphatic heterocycles. The van der Waals surface area contributed by atoms with Crippen molar-refractivity contribution in [2.24, 2.45) is 5.73 Å². The molecule has 0 bridgehead atoms. The first-order chi connectivity index (χ1) is 9.70. The highest BCUT2D eigenvalue weighted by Crippen LogP contribution is 2.36. The number of para-hydroxylation sites is 1. The number of nitrogens with one attached hydrogen (secondary N) is 1. The minimum Gasteiger partial charge on any atom is -0.361 e.